The van der Waals surface area contributed by atoms with Crippen LogP contribution >= 0.6 is 11.8 Å². The Hall–Kier alpha value is -1.03. The second kappa shape index (κ2) is 5.59. The van der Waals surface area contributed by atoms with E-state index in [1.54, 1.807) is 24.2 Å². The summed E-state index contributed by atoms with van der Waals surface area (Å²) >= 11 is 1.64. The van der Waals surface area contributed by atoms with Gasteiger partial charge in [-0.05, 0) is 18.6 Å². The first-order valence-electron chi connectivity index (χ1n) is 4.14. The molecular formula is C9H13N3S. The SMILES string of the molecule is C=CCCCSc1nccnc1N. The van der Waals surface area contributed by atoms with Crippen LogP contribution in [0.3, 0.4) is 0 Å². The predicted octanol–water partition coefficient (Wildman–Crippen LogP) is 2.12. The summed E-state index contributed by atoms with van der Waals surface area (Å²) in [4.78, 5) is 8.08. The highest BCUT2D eigenvalue weighted by molar-refractivity contribution is 7.99. The van der Waals surface area contributed by atoms with E-state index in [0.29, 0.717) is 5.82 Å². The highest BCUT2D eigenvalue weighted by atomic mass is 32.2. The number of hydrogen-bond donors (Lipinski definition) is 1. The van der Waals surface area contributed by atoms with E-state index in [4.69, 9.17) is 5.73 Å². The van der Waals surface area contributed by atoms with Crippen molar-refractivity contribution in [3.05, 3.63) is 25.0 Å². The Kier molecular flexibility index (Phi) is 4.32. The van der Waals surface area contributed by atoms with E-state index in [1.165, 1.54) is 0 Å². The first kappa shape index (κ1) is 10.1. The molecule has 0 saturated carbocycles. The Balaban J connectivity index is 2.36. The molecule has 0 bridgehead atoms. The Bertz CT molecular complexity index is 275. The topological polar surface area (TPSA) is 51.8 Å². The maximum Gasteiger partial charge on any atom is 0.156 e. The van der Waals surface area contributed by atoms with Crippen LogP contribution in [0.2, 0.25) is 0 Å². The zero-order valence-corrected chi connectivity index (χ0v) is 8.26. The molecule has 0 unspecified atom stereocenters. The van der Waals surface area contributed by atoms with Crippen molar-refractivity contribution in [3.8, 4) is 0 Å². The number of hydrogen-bond acceptors (Lipinski definition) is 4. The van der Waals surface area contributed by atoms with Crippen LogP contribution in [-0.4, -0.2) is 15.7 Å². The molecule has 0 fully saturated rings. The maximum absolute atomic E-state index is 5.62. The van der Waals surface area contributed by atoms with Crippen LogP contribution in [0.25, 0.3) is 0 Å². The summed E-state index contributed by atoms with van der Waals surface area (Å²) in [5.41, 5.74) is 5.62. The van der Waals surface area contributed by atoms with Crippen molar-refractivity contribution in [1.82, 2.24) is 9.97 Å². The van der Waals surface area contributed by atoms with Crippen LogP contribution in [0.1, 0.15) is 12.8 Å². The number of unbranched alkanes of at least 4 members (excludes halogenated alkanes) is 1. The fraction of sp³-hybridized carbons (Fsp3) is 0.333. The van der Waals surface area contributed by atoms with Gasteiger partial charge in [-0.1, -0.05) is 6.08 Å². The van der Waals surface area contributed by atoms with Gasteiger partial charge in [-0.2, -0.15) is 0 Å². The van der Waals surface area contributed by atoms with Crippen molar-refractivity contribution in [3.63, 3.8) is 0 Å². The molecule has 0 radical (unpaired) electrons. The lowest BCUT2D eigenvalue weighted by molar-refractivity contribution is 0.968. The van der Waals surface area contributed by atoms with E-state index in [-0.39, 0.29) is 0 Å². The Morgan fingerprint density at radius 1 is 1.46 bits per heavy atom. The Morgan fingerprint density at radius 2 is 2.23 bits per heavy atom. The van der Waals surface area contributed by atoms with Gasteiger partial charge in [0, 0.05) is 12.4 Å². The summed E-state index contributed by atoms with van der Waals surface area (Å²) in [7, 11) is 0. The van der Waals surface area contributed by atoms with E-state index in [1.807, 2.05) is 6.08 Å². The van der Waals surface area contributed by atoms with Gasteiger partial charge in [0.15, 0.2) is 5.82 Å². The molecule has 0 aliphatic rings. The van der Waals surface area contributed by atoms with Crippen molar-refractivity contribution in [1.29, 1.82) is 0 Å². The van der Waals surface area contributed by atoms with Crippen LogP contribution in [0, 0.1) is 0 Å². The second-order valence-corrected chi connectivity index (χ2v) is 3.61. The molecule has 0 atom stereocenters. The normalized spacial score (nSPS) is 9.85. The fourth-order valence-corrected chi connectivity index (χ4v) is 1.68. The lowest BCUT2D eigenvalue weighted by Crippen LogP contribution is -1.95. The van der Waals surface area contributed by atoms with Crippen LogP contribution < -0.4 is 5.73 Å². The lowest BCUT2D eigenvalue weighted by Gasteiger charge is -2.00. The monoisotopic (exact) mass is 195 g/mol. The number of nitrogens with zero attached hydrogens (tertiary/aromatic N) is 2. The largest absolute Gasteiger partial charge is 0.381 e. The van der Waals surface area contributed by atoms with Crippen molar-refractivity contribution >= 4 is 17.6 Å². The van der Waals surface area contributed by atoms with Gasteiger partial charge < -0.3 is 5.73 Å². The molecule has 0 aromatic carbocycles. The minimum Gasteiger partial charge on any atom is -0.381 e. The molecule has 0 spiro atoms. The number of rotatable bonds is 5. The predicted molar refractivity (Wildman–Crippen MR) is 56.6 cm³/mol. The van der Waals surface area contributed by atoms with Gasteiger partial charge in [0.05, 0.1) is 0 Å². The first-order valence-corrected chi connectivity index (χ1v) is 5.13. The maximum atomic E-state index is 5.62. The van der Waals surface area contributed by atoms with Gasteiger partial charge in [-0.3, -0.25) is 0 Å². The molecule has 3 nitrogen and oxygen atoms in total. The molecule has 0 amide bonds. The third-order valence-corrected chi connectivity index (χ3v) is 2.56. The first-order chi connectivity index (χ1) is 6.34. The smallest absolute Gasteiger partial charge is 0.156 e. The number of allylic oxidation sites excluding steroid dienone is 1. The molecule has 4 heteroatoms. The van der Waals surface area contributed by atoms with Gasteiger partial charge in [-0.25, -0.2) is 9.97 Å². The number of nitrogens with two attached hydrogens (primary N) is 1. The lowest BCUT2D eigenvalue weighted by atomic mass is 10.3. The summed E-state index contributed by atoms with van der Waals surface area (Å²) in [5, 5.41) is 0.826. The summed E-state index contributed by atoms with van der Waals surface area (Å²) in [6, 6.07) is 0. The van der Waals surface area contributed by atoms with Crippen molar-refractivity contribution in [2.24, 2.45) is 0 Å². The van der Waals surface area contributed by atoms with E-state index in [9.17, 15) is 0 Å². The molecule has 1 rings (SSSR count). The highest BCUT2D eigenvalue weighted by Crippen LogP contribution is 2.20. The number of anilines is 1. The molecule has 70 valence electrons. The highest BCUT2D eigenvalue weighted by Gasteiger charge is 1.99. The van der Waals surface area contributed by atoms with Gasteiger partial charge in [0.2, 0.25) is 0 Å². The van der Waals surface area contributed by atoms with Gasteiger partial charge >= 0.3 is 0 Å². The van der Waals surface area contributed by atoms with Crippen LogP contribution in [0.4, 0.5) is 5.82 Å². The van der Waals surface area contributed by atoms with E-state index in [2.05, 4.69) is 16.5 Å². The summed E-state index contributed by atoms with van der Waals surface area (Å²) in [6.07, 6.45) is 7.31. The minimum absolute atomic E-state index is 0.520. The van der Waals surface area contributed by atoms with Crippen molar-refractivity contribution in [2.45, 2.75) is 17.9 Å². The quantitative estimate of drug-likeness (QED) is 0.444. The zero-order chi connectivity index (χ0) is 9.52. The number of nitrogen functional groups attached to an aromatic ring is 1. The molecule has 13 heavy (non-hydrogen) atoms. The average molecular weight is 195 g/mol. The fourth-order valence-electron chi connectivity index (χ4n) is 0.844. The van der Waals surface area contributed by atoms with Crippen LogP contribution in [0.15, 0.2) is 30.1 Å². The Labute approximate surface area is 82.5 Å². The molecule has 0 saturated heterocycles. The molecule has 1 heterocycles. The Morgan fingerprint density at radius 3 is 2.92 bits per heavy atom. The summed E-state index contributed by atoms with van der Waals surface area (Å²) in [6.45, 7) is 3.66. The minimum atomic E-state index is 0.520. The van der Waals surface area contributed by atoms with Crippen LogP contribution in [-0.2, 0) is 0 Å². The number of thioether (sulfide) groups is 1. The standard InChI is InChI=1S/C9H13N3S/c1-2-3-4-7-13-9-8(10)11-5-6-12-9/h2,5-6H,1,3-4,7H2,(H2,10,11). The summed E-state index contributed by atoms with van der Waals surface area (Å²) in [5.74, 6) is 1.53. The third-order valence-electron chi connectivity index (χ3n) is 1.48. The van der Waals surface area contributed by atoms with E-state index >= 15 is 0 Å². The molecule has 1 aromatic rings. The van der Waals surface area contributed by atoms with E-state index < -0.39 is 0 Å². The number of aromatic nitrogens is 2. The average Bonchev–Trinajstić information content (AvgIpc) is 2.15. The molecular weight excluding hydrogens is 182 g/mol. The van der Waals surface area contributed by atoms with Gasteiger partial charge in [-0.15, -0.1) is 18.3 Å². The van der Waals surface area contributed by atoms with Crippen LogP contribution in [0.5, 0.6) is 0 Å². The summed E-state index contributed by atoms with van der Waals surface area (Å²) < 4.78 is 0. The van der Waals surface area contributed by atoms with Crippen molar-refractivity contribution < 1.29 is 0 Å². The third kappa shape index (κ3) is 3.46. The second-order valence-electron chi connectivity index (χ2n) is 2.53. The molecule has 1 aromatic heterocycles. The van der Waals surface area contributed by atoms with Crippen molar-refractivity contribution in [2.75, 3.05) is 11.5 Å². The van der Waals surface area contributed by atoms with E-state index in [0.717, 1.165) is 23.6 Å². The van der Waals surface area contributed by atoms with Gasteiger partial charge in [0.25, 0.3) is 0 Å². The molecule has 2 N–H and O–H groups in total. The zero-order valence-electron chi connectivity index (χ0n) is 7.44. The molecule has 0 aliphatic heterocycles. The van der Waals surface area contributed by atoms with Gasteiger partial charge in [0.1, 0.15) is 5.03 Å². The molecule has 0 aliphatic carbocycles.